The molecule has 0 aliphatic rings. The second-order valence-corrected chi connectivity index (χ2v) is 6.64. The Morgan fingerprint density at radius 2 is 2.00 bits per heavy atom. The molecule has 4 rings (SSSR count). The monoisotopic (exact) mass is 430 g/mol. The van der Waals surface area contributed by atoms with Crippen LogP contribution in [0, 0.1) is 5.82 Å². The first kappa shape index (κ1) is 19.7. The van der Waals surface area contributed by atoms with Gasteiger partial charge in [0, 0.05) is 18.9 Å². The Morgan fingerprint density at radius 3 is 2.70 bits per heavy atom. The van der Waals surface area contributed by atoms with Crippen LogP contribution >= 0.6 is 11.6 Å². The lowest BCUT2D eigenvalue weighted by molar-refractivity contribution is 0.120. The SMILES string of the molecule is COC(C)c1c(NC(=O)Nc2cnc(-n3nccn3)c(Cl)c2)cnn2ccc(F)c12. The number of hydrogen-bond donors (Lipinski definition) is 2. The van der Waals surface area contributed by atoms with E-state index in [1.165, 1.54) is 59.5 Å². The average Bonchev–Trinajstić information content (AvgIpc) is 3.38. The smallest absolute Gasteiger partial charge is 0.323 e. The van der Waals surface area contributed by atoms with E-state index in [2.05, 4.69) is 30.9 Å². The molecule has 0 radical (unpaired) electrons. The zero-order valence-electron chi connectivity index (χ0n) is 15.9. The summed E-state index contributed by atoms with van der Waals surface area (Å²) in [7, 11) is 1.50. The maximum atomic E-state index is 14.3. The summed E-state index contributed by atoms with van der Waals surface area (Å²) < 4.78 is 21.0. The summed E-state index contributed by atoms with van der Waals surface area (Å²) in [4.78, 5) is 18.0. The highest BCUT2D eigenvalue weighted by atomic mass is 35.5. The van der Waals surface area contributed by atoms with Crippen LogP contribution in [0.1, 0.15) is 18.6 Å². The fourth-order valence-electron chi connectivity index (χ4n) is 2.95. The van der Waals surface area contributed by atoms with Gasteiger partial charge in [-0.25, -0.2) is 18.7 Å². The van der Waals surface area contributed by atoms with Gasteiger partial charge in [-0.2, -0.15) is 15.3 Å². The number of nitrogens with zero attached hydrogens (tertiary/aromatic N) is 6. The molecule has 0 aliphatic heterocycles. The van der Waals surface area contributed by atoms with Crippen molar-refractivity contribution in [3.63, 3.8) is 0 Å². The van der Waals surface area contributed by atoms with E-state index in [4.69, 9.17) is 16.3 Å². The van der Waals surface area contributed by atoms with Crippen LogP contribution in [0.5, 0.6) is 0 Å². The second kappa shape index (κ2) is 8.05. The summed E-state index contributed by atoms with van der Waals surface area (Å²) in [5, 5.41) is 17.6. The molecule has 0 aliphatic carbocycles. The van der Waals surface area contributed by atoms with Crippen molar-refractivity contribution in [3.05, 3.63) is 59.5 Å². The van der Waals surface area contributed by atoms with Gasteiger partial charge < -0.3 is 15.4 Å². The minimum Gasteiger partial charge on any atom is -0.377 e. The third-order valence-electron chi connectivity index (χ3n) is 4.37. The number of carbonyl (C=O) groups excluding carboxylic acids is 1. The molecule has 4 aromatic heterocycles. The Balaban J connectivity index is 1.58. The molecule has 2 N–H and O–H groups in total. The van der Waals surface area contributed by atoms with Gasteiger partial charge in [-0.3, -0.25) is 0 Å². The van der Waals surface area contributed by atoms with Crippen LogP contribution < -0.4 is 10.6 Å². The predicted molar refractivity (Wildman–Crippen MR) is 107 cm³/mol. The number of ether oxygens (including phenoxy) is 1. The number of methoxy groups -OCH3 is 1. The number of pyridine rings is 1. The standard InChI is InChI=1S/C18H16ClFN8O2/c1-10(30-2)15-14(9-24-27-6-3-13(20)16(15)27)26-18(29)25-11-7-12(19)17(21-8-11)28-22-4-5-23-28/h3-10H,1-2H3,(H2,25,26,29). The molecule has 2 amide bonds. The van der Waals surface area contributed by atoms with Crippen LogP contribution in [0.15, 0.2) is 43.1 Å². The topological polar surface area (TPSA) is 111 Å². The Hall–Kier alpha value is -3.57. The molecule has 0 fully saturated rings. The van der Waals surface area contributed by atoms with Gasteiger partial charge in [-0.05, 0) is 19.1 Å². The molecular formula is C18H16ClFN8O2. The van der Waals surface area contributed by atoms with Gasteiger partial charge in [0.2, 0.25) is 0 Å². The number of carbonyl (C=O) groups is 1. The van der Waals surface area contributed by atoms with E-state index in [-0.39, 0.29) is 10.5 Å². The number of fused-ring (bicyclic) bond motifs is 1. The first-order chi connectivity index (χ1) is 14.5. The van der Waals surface area contributed by atoms with Crippen LogP contribution in [-0.2, 0) is 4.74 Å². The van der Waals surface area contributed by atoms with Crippen molar-refractivity contribution in [2.75, 3.05) is 17.7 Å². The Kier molecular flexibility index (Phi) is 5.29. The molecule has 0 bridgehead atoms. The predicted octanol–water partition coefficient (Wildman–Crippen LogP) is 3.45. The molecule has 4 heterocycles. The van der Waals surface area contributed by atoms with E-state index < -0.39 is 18.0 Å². The van der Waals surface area contributed by atoms with Gasteiger partial charge in [-0.15, -0.1) is 4.80 Å². The number of amides is 2. The molecule has 0 spiro atoms. The number of aromatic nitrogens is 6. The van der Waals surface area contributed by atoms with Crippen molar-refractivity contribution >= 4 is 34.5 Å². The molecule has 30 heavy (non-hydrogen) atoms. The highest BCUT2D eigenvalue weighted by Gasteiger charge is 2.20. The zero-order valence-corrected chi connectivity index (χ0v) is 16.6. The Morgan fingerprint density at radius 1 is 1.23 bits per heavy atom. The fourth-order valence-corrected chi connectivity index (χ4v) is 3.19. The summed E-state index contributed by atoms with van der Waals surface area (Å²) >= 11 is 6.21. The molecular weight excluding hydrogens is 415 g/mol. The minimum absolute atomic E-state index is 0.225. The summed E-state index contributed by atoms with van der Waals surface area (Å²) in [6, 6.07) is 2.22. The van der Waals surface area contributed by atoms with Gasteiger partial charge in [0.1, 0.15) is 5.52 Å². The summed E-state index contributed by atoms with van der Waals surface area (Å²) in [6.07, 6.45) is 6.83. The summed E-state index contributed by atoms with van der Waals surface area (Å²) in [5.74, 6) is -0.147. The van der Waals surface area contributed by atoms with Crippen molar-refractivity contribution in [1.82, 2.24) is 29.6 Å². The van der Waals surface area contributed by atoms with Crippen molar-refractivity contribution in [2.24, 2.45) is 0 Å². The lowest BCUT2D eigenvalue weighted by atomic mass is 10.1. The Labute approximate surface area is 174 Å². The van der Waals surface area contributed by atoms with Crippen LogP contribution in [0.25, 0.3) is 11.3 Å². The lowest BCUT2D eigenvalue weighted by Gasteiger charge is -2.17. The molecule has 0 saturated heterocycles. The van der Waals surface area contributed by atoms with E-state index in [1.54, 1.807) is 6.92 Å². The molecule has 12 heteroatoms. The van der Waals surface area contributed by atoms with Crippen LogP contribution in [0.3, 0.4) is 0 Å². The van der Waals surface area contributed by atoms with Crippen LogP contribution in [0.4, 0.5) is 20.6 Å². The summed E-state index contributed by atoms with van der Waals surface area (Å²) in [6.45, 7) is 1.75. The van der Waals surface area contributed by atoms with Gasteiger partial charge in [0.15, 0.2) is 11.6 Å². The molecule has 1 unspecified atom stereocenters. The van der Waals surface area contributed by atoms with Gasteiger partial charge in [0.25, 0.3) is 0 Å². The normalized spacial score (nSPS) is 12.1. The van der Waals surface area contributed by atoms with E-state index in [0.29, 0.717) is 22.8 Å². The van der Waals surface area contributed by atoms with Crippen molar-refractivity contribution < 1.29 is 13.9 Å². The van der Waals surface area contributed by atoms with Crippen molar-refractivity contribution in [2.45, 2.75) is 13.0 Å². The molecule has 1 atom stereocenters. The van der Waals surface area contributed by atoms with Gasteiger partial charge >= 0.3 is 6.03 Å². The third kappa shape index (κ3) is 3.67. The lowest BCUT2D eigenvalue weighted by Crippen LogP contribution is -2.22. The van der Waals surface area contributed by atoms with E-state index in [9.17, 15) is 9.18 Å². The van der Waals surface area contributed by atoms with Crippen molar-refractivity contribution in [3.8, 4) is 5.82 Å². The molecule has 10 nitrogen and oxygen atoms in total. The quantitative estimate of drug-likeness (QED) is 0.501. The van der Waals surface area contributed by atoms with Crippen LogP contribution in [0.2, 0.25) is 5.02 Å². The maximum Gasteiger partial charge on any atom is 0.323 e. The zero-order chi connectivity index (χ0) is 21.3. The van der Waals surface area contributed by atoms with E-state index >= 15 is 0 Å². The van der Waals surface area contributed by atoms with Crippen LogP contribution in [-0.4, -0.2) is 42.7 Å². The largest absolute Gasteiger partial charge is 0.377 e. The highest BCUT2D eigenvalue weighted by molar-refractivity contribution is 6.32. The first-order valence-corrected chi connectivity index (χ1v) is 9.14. The number of halogens is 2. The van der Waals surface area contributed by atoms with Gasteiger partial charge in [0.05, 0.1) is 47.3 Å². The van der Waals surface area contributed by atoms with Gasteiger partial charge in [-0.1, -0.05) is 11.6 Å². The number of rotatable bonds is 5. The molecule has 0 aromatic carbocycles. The highest BCUT2D eigenvalue weighted by Crippen LogP contribution is 2.31. The second-order valence-electron chi connectivity index (χ2n) is 6.23. The number of hydrogen-bond acceptors (Lipinski definition) is 6. The molecule has 0 saturated carbocycles. The van der Waals surface area contributed by atoms with Crippen molar-refractivity contribution in [1.29, 1.82) is 0 Å². The third-order valence-corrected chi connectivity index (χ3v) is 4.65. The number of urea groups is 1. The molecule has 154 valence electrons. The first-order valence-electron chi connectivity index (χ1n) is 8.76. The van der Waals surface area contributed by atoms with E-state index in [1.807, 2.05) is 0 Å². The fraction of sp³-hybridized carbons (Fsp3) is 0.167. The minimum atomic E-state index is -0.583. The summed E-state index contributed by atoms with van der Waals surface area (Å²) in [5.41, 5.74) is 1.34. The molecule has 4 aromatic rings. The number of nitrogens with one attached hydrogen (secondary N) is 2. The Bertz CT molecular complexity index is 1210. The average molecular weight is 431 g/mol. The maximum absolute atomic E-state index is 14.3. The number of anilines is 2. The van der Waals surface area contributed by atoms with E-state index in [0.717, 1.165) is 0 Å².